The molecule has 0 aliphatic carbocycles. The van der Waals surface area contributed by atoms with E-state index in [1.807, 2.05) is 48.7 Å². The maximum atomic E-state index is 12.7. The number of aromatic nitrogens is 2. The third-order valence-corrected chi connectivity index (χ3v) is 5.29. The average Bonchev–Trinajstić information content (AvgIpc) is 3.28. The van der Waals surface area contributed by atoms with Crippen molar-refractivity contribution in [1.82, 2.24) is 10.2 Å². The fourth-order valence-electron chi connectivity index (χ4n) is 2.14. The molecule has 0 aliphatic heterocycles. The Morgan fingerprint density at radius 2 is 2.00 bits per heavy atom. The number of hydrogen-bond acceptors (Lipinski definition) is 6. The molecule has 0 N–H and O–H groups in total. The maximum absolute atomic E-state index is 12.7. The molecule has 5 nitrogen and oxygen atoms in total. The number of carbonyl (C=O) groups excluding carboxylic acids is 1. The zero-order valence-electron chi connectivity index (χ0n) is 13.4. The topological polar surface area (TPSA) is 55.3 Å². The fourth-order valence-corrected chi connectivity index (χ4v) is 3.68. The number of ether oxygens (including phenoxy) is 1. The predicted octanol–water partition coefficient (Wildman–Crippen LogP) is 3.87. The summed E-state index contributed by atoms with van der Waals surface area (Å²) in [7, 11) is 1.62. The molecule has 0 unspecified atom stereocenters. The zero-order valence-corrected chi connectivity index (χ0v) is 15.1. The molecule has 1 aromatic carbocycles. The number of carbonyl (C=O) groups is 1. The van der Waals surface area contributed by atoms with Gasteiger partial charge in [0.15, 0.2) is 0 Å². The average molecular weight is 359 g/mol. The second kappa shape index (κ2) is 7.65. The molecular weight excluding hydrogens is 342 g/mol. The third kappa shape index (κ3) is 3.69. The lowest BCUT2D eigenvalue weighted by Gasteiger charge is -2.17. The molecule has 2 heterocycles. The van der Waals surface area contributed by atoms with Gasteiger partial charge >= 0.3 is 0 Å². The molecular formula is C17H17N3O2S2. The van der Waals surface area contributed by atoms with Crippen LogP contribution in [0, 0.1) is 6.92 Å². The highest BCUT2D eigenvalue weighted by atomic mass is 32.1. The van der Waals surface area contributed by atoms with E-state index in [0.29, 0.717) is 23.2 Å². The molecule has 0 aliphatic rings. The van der Waals surface area contributed by atoms with Crippen molar-refractivity contribution < 1.29 is 9.53 Å². The highest BCUT2D eigenvalue weighted by Gasteiger charge is 2.22. The van der Waals surface area contributed by atoms with Gasteiger partial charge in [-0.25, -0.2) is 0 Å². The number of anilines is 1. The van der Waals surface area contributed by atoms with Crippen molar-refractivity contribution in [2.45, 2.75) is 6.92 Å². The molecule has 0 saturated carbocycles. The number of hydrogen-bond donors (Lipinski definition) is 0. The Kier molecular flexibility index (Phi) is 5.34. The van der Waals surface area contributed by atoms with Crippen LogP contribution in [-0.2, 0) is 4.74 Å². The Hall–Kier alpha value is -2.09. The summed E-state index contributed by atoms with van der Waals surface area (Å²) >= 11 is 2.82. The fraction of sp³-hybridized carbons (Fsp3) is 0.235. The van der Waals surface area contributed by atoms with Crippen molar-refractivity contribution >= 4 is 33.7 Å². The van der Waals surface area contributed by atoms with E-state index in [2.05, 4.69) is 10.2 Å². The van der Waals surface area contributed by atoms with Crippen molar-refractivity contribution in [2.75, 3.05) is 25.2 Å². The van der Waals surface area contributed by atoms with E-state index >= 15 is 0 Å². The van der Waals surface area contributed by atoms with Gasteiger partial charge in [-0.05, 0) is 18.4 Å². The minimum absolute atomic E-state index is 0.0753. The smallest absolute Gasteiger partial charge is 0.270 e. The lowest BCUT2D eigenvalue weighted by atomic mass is 10.2. The Morgan fingerprint density at radius 1 is 1.21 bits per heavy atom. The first-order valence-electron chi connectivity index (χ1n) is 7.44. The highest BCUT2D eigenvalue weighted by molar-refractivity contribution is 7.18. The van der Waals surface area contributed by atoms with E-state index in [1.54, 1.807) is 12.0 Å². The van der Waals surface area contributed by atoms with Crippen molar-refractivity contribution in [3.8, 4) is 10.6 Å². The summed E-state index contributed by atoms with van der Waals surface area (Å²) in [4.78, 5) is 15.0. The van der Waals surface area contributed by atoms with E-state index in [4.69, 9.17) is 4.74 Å². The largest absolute Gasteiger partial charge is 0.383 e. The van der Waals surface area contributed by atoms with Crippen molar-refractivity contribution in [2.24, 2.45) is 0 Å². The number of amides is 1. The SMILES string of the molecule is COCCN(C(=O)c1cccs1)c1nnc(-c2ccc(C)cc2)s1. The first-order valence-corrected chi connectivity index (χ1v) is 9.13. The summed E-state index contributed by atoms with van der Waals surface area (Å²) in [6.45, 7) is 2.92. The summed E-state index contributed by atoms with van der Waals surface area (Å²) < 4.78 is 5.13. The predicted molar refractivity (Wildman–Crippen MR) is 98.0 cm³/mol. The van der Waals surface area contributed by atoms with Gasteiger partial charge in [0.05, 0.1) is 18.0 Å². The molecule has 7 heteroatoms. The van der Waals surface area contributed by atoms with E-state index < -0.39 is 0 Å². The van der Waals surface area contributed by atoms with Crippen LogP contribution in [0.1, 0.15) is 15.2 Å². The number of aryl methyl sites for hydroxylation is 1. The van der Waals surface area contributed by atoms with Gasteiger partial charge < -0.3 is 4.74 Å². The zero-order chi connectivity index (χ0) is 16.9. The summed E-state index contributed by atoms with van der Waals surface area (Å²) in [6.07, 6.45) is 0. The summed E-state index contributed by atoms with van der Waals surface area (Å²) in [5, 5.41) is 11.7. The van der Waals surface area contributed by atoms with Gasteiger partial charge in [-0.1, -0.05) is 47.2 Å². The quantitative estimate of drug-likeness (QED) is 0.670. The number of rotatable bonds is 6. The van der Waals surface area contributed by atoms with Crippen molar-refractivity contribution in [3.05, 3.63) is 52.2 Å². The van der Waals surface area contributed by atoms with E-state index in [0.717, 1.165) is 10.6 Å². The molecule has 24 heavy (non-hydrogen) atoms. The summed E-state index contributed by atoms with van der Waals surface area (Å²) in [5.74, 6) is -0.0753. The lowest BCUT2D eigenvalue weighted by molar-refractivity contribution is 0.0979. The van der Waals surface area contributed by atoms with Gasteiger partial charge in [-0.2, -0.15) is 0 Å². The number of thiophene rings is 1. The van der Waals surface area contributed by atoms with E-state index in [1.165, 1.54) is 28.2 Å². The van der Waals surface area contributed by atoms with E-state index in [-0.39, 0.29) is 5.91 Å². The van der Waals surface area contributed by atoms with Gasteiger partial charge in [0.1, 0.15) is 5.01 Å². The highest BCUT2D eigenvalue weighted by Crippen LogP contribution is 2.30. The van der Waals surface area contributed by atoms with Gasteiger partial charge in [-0.3, -0.25) is 9.69 Å². The molecule has 0 atom stereocenters. The molecule has 0 fully saturated rings. The molecule has 0 spiro atoms. The Balaban J connectivity index is 1.88. The van der Waals surface area contributed by atoms with Gasteiger partial charge in [0, 0.05) is 12.7 Å². The monoisotopic (exact) mass is 359 g/mol. The minimum atomic E-state index is -0.0753. The molecule has 0 radical (unpaired) electrons. The maximum Gasteiger partial charge on any atom is 0.270 e. The molecule has 2 aromatic heterocycles. The van der Waals surface area contributed by atoms with Crippen LogP contribution in [0.4, 0.5) is 5.13 Å². The number of methoxy groups -OCH3 is 1. The molecule has 0 bridgehead atoms. The Labute approximate surface area is 148 Å². The Morgan fingerprint density at radius 3 is 2.67 bits per heavy atom. The first kappa shape index (κ1) is 16.8. The van der Waals surface area contributed by atoms with Crippen LogP contribution >= 0.6 is 22.7 Å². The molecule has 1 amide bonds. The van der Waals surface area contributed by atoms with Crippen LogP contribution in [0.2, 0.25) is 0 Å². The van der Waals surface area contributed by atoms with Crippen LogP contribution < -0.4 is 4.90 Å². The van der Waals surface area contributed by atoms with E-state index in [9.17, 15) is 4.79 Å². The van der Waals surface area contributed by atoms with Crippen LogP contribution in [-0.4, -0.2) is 36.4 Å². The number of benzene rings is 1. The second-order valence-corrected chi connectivity index (χ2v) is 7.09. The molecule has 3 aromatic rings. The molecule has 124 valence electrons. The second-order valence-electron chi connectivity index (χ2n) is 5.18. The lowest BCUT2D eigenvalue weighted by Crippen LogP contribution is -2.33. The van der Waals surface area contributed by atoms with Gasteiger partial charge in [-0.15, -0.1) is 21.5 Å². The van der Waals surface area contributed by atoms with Crippen LogP contribution in [0.5, 0.6) is 0 Å². The minimum Gasteiger partial charge on any atom is -0.383 e. The first-order chi connectivity index (χ1) is 11.7. The summed E-state index contributed by atoms with van der Waals surface area (Å²) in [5.41, 5.74) is 2.19. The third-order valence-electron chi connectivity index (χ3n) is 3.44. The van der Waals surface area contributed by atoms with Crippen LogP contribution in [0.3, 0.4) is 0 Å². The van der Waals surface area contributed by atoms with Gasteiger partial charge in [0.25, 0.3) is 5.91 Å². The molecule has 3 rings (SSSR count). The normalized spacial score (nSPS) is 10.8. The summed E-state index contributed by atoms with van der Waals surface area (Å²) in [6, 6.07) is 11.8. The van der Waals surface area contributed by atoms with Crippen LogP contribution in [0.15, 0.2) is 41.8 Å². The van der Waals surface area contributed by atoms with Crippen LogP contribution in [0.25, 0.3) is 10.6 Å². The Bertz CT molecular complexity index is 798. The standard InChI is InChI=1S/C17H17N3O2S2/c1-12-5-7-13(8-6-12)15-18-19-17(24-15)20(9-10-22-2)16(21)14-4-3-11-23-14/h3-8,11H,9-10H2,1-2H3. The van der Waals surface area contributed by atoms with Crippen molar-refractivity contribution in [1.29, 1.82) is 0 Å². The van der Waals surface area contributed by atoms with Gasteiger partial charge in [0.2, 0.25) is 5.13 Å². The molecule has 0 saturated heterocycles. The van der Waals surface area contributed by atoms with Crippen molar-refractivity contribution in [3.63, 3.8) is 0 Å². The number of nitrogens with zero attached hydrogens (tertiary/aromatic N) is 3.